The van der Waals surface area contributed by atoms with Crippen molar-refractivity contribution in [3.63, 3.8) is 0 Å². The van der Waals surface area contributed by atoms with E-state index in [1.165, 1.54) is 5.56 Å². The fourth-order valence-electron chi connectivity index (χ4n) is 3.90. The molecule has 1 unspecified atom stereocenters. The van der Waals surface area contributed by atoms with Crippen LogP contribution < -0.4 is 15.4 Å². The Bertz CT molecular complexity index is 889. The normalized spacial score (nSPS) is 16.0. The summed E-state index contributed by atoms with van der Waals surface area (Å²) >= 11 is 0. The lowest BCUT2D eigenvalue weighted by atomic mass is 10.1. The van der Waals surface area contributed by atoms with Gasteiger partial charge in [0.15, 0.2) is 5.96 Å². The van der Waals surface area contributed by atoms with Crippen molar-refractivity contribution < 1.29 is 9.53 Å². The first-order chi connectivity index (χ1) is 15.1. The van der Waals surface area contributed by atoms with Crippen LogP contribution in [0.4, 0.5) is 0 Å². The summed E-state index contributed by atoms with van der Waals surface area (Å²) in [6.45, 7) is 7.78. The molecule has 1 aliphatic heterocycles. The van der Waals surface area contributed by atoms with Gasteiger partial charge in [-0.15, -0.1) is 24.0 Å². The summed E-state index contributed by atoms with van der Waals surface area (Å²) < 4.78 is 5.36. The number of likely N-dealkylation sites (tertiary alicyclic amines) is 1. The van der Waals surface area contributed by atoms with E-state index in [-0.39, 0.29) is 29.9 Å². The van der Waals surface area contributed by atoms with Crippen molar-refractivity contribution in [3.8, 4) is 5.75 Å². The average molecular weight is 550 g/mol. The molecule has 0 saturated carbocycles. The van der Waals surface area contributed by atoms with Gasteiger partial charge in [0.25, 0.3) is 0 Å². The fraction of sp³-hybridized carbons (Fsp3) is 0.440. The molecule has 1 aliphatic rings. The molecule has 32 heavy (non-hydrogen) atoms. The van der Waals surface area contributed by atoms with Crippen LogP contribution in [-0.2, 0) is 17.8 Å². The molecule has 2 N–H and O–H groups in total. The second-order valence-corrected chi connectivity index (χ2v) is 8.08. The van der Waals surface area contributed by atoms with E-state index in [0.29, 0.717) is 18.9 Å². The molecule has 0 aromatic heterocycles. The highest BCUT2D eigenvalue weighted by Crippen LogP contribution is 2.18. The molecular weight excluding hydrogens is 515 g/mol. The molecule has 6 nitrogen and oxygen atoms in total. The zero-order valence-electron chi connectivity index (χ0n) is 19.3. The smallest absolute Gasteiger partial charge is 0.223 e. The first-order valence-electron chi connectivity index (χ1n) is 11.1. The van der Waals surface area contributed by atoms with Gasteiger partial charge in [-0.2, -0.15) is 0 Å². The van der Waals surface area contributed by atoms with E-state index in [9.17, 15) is 4.79 Å². The zero-order valence-corrected chi connectivity index (χ0v) is 21.6. The Kier molecular flexibility index (Phi) is 10.8. The first kappa shape index (κ1) is 26.0. The van der Waals surface area contributed by atoms with Gasteiger partial charge < -0.3 is 20.3 Å². The van der Waals surface area contributed by atoms with Gasteiger partial charge in [0.1, 0.15) is 5.75 Å². The topological polar surface area (TPSA) is 66.0 Å². The second kappa shape index (κ2) is 13.3. The minimum Gasteiger partial charge on any atom is -0.497 e. The highest BCUT2D eigenvalue weighted by Gasteiger charge is 2.29. The third kappa shape index (κ3) is 8.00. The standard InChI is InChI=1S/C25H34N4O2.HI/c1-4-26-25(27-16-21-12-19(2)13-23(14-21)31-3)28-17-22-15-24(30)29(18-22)11-10-20-8-6-5-7-9-20;/h5-9,12-14,22H,4,10-11,15-18H2,1-3H3,(H2,26,27,28);1H. The third-order valence-electron chi connectivity index (χ3n) is 5.48. The molecule has 2 aromatic rings. The van der Waals surface area contributed by atoms with Crippen LogP contribution in [0.15, 0.2) is 53.5 Å². The Labute approximate surface area is 208 Å². The molecule has 0 bridgehead atoms. The largest absolute Gasteiger partial charge is 0.497 e. The summed E-state index contributed by atoms with van der Waals surface area (Å²) in [7, 11) is 1.68. The first-order valence-corrected chi connectivity index (χ1v) is 11.1. The van der Waals surface area contributed by atoms with Gasteiger partial charge in [0, 0.05) is 38.5 Å². The highest BCUT2D eigenvalue weighted by molar-refractivity contribution is 14.0. The molecular formula is C25H35IN4O2. The predicted octanol–water partition coefficient (Wildman–Crippen LogP) is 3.77. The van der Waals surface area contributed by atoms with Crippen LogP contribution in [0, 0.1) is 12.8 Å². The maximum absolute atomic E-state index is 12.4. The number of carbonyl (C=O) groups is 1. The average Bonchev–Trinajstić information content (AvgIpc) is 3.14. The lowest BCUT2D eigenvalue weighted by molar-refractivity contribution is -0.127. The number of nitrogens with one attached hydrogen (secondary N) is 2. The number of ether oxygens (including phenoxy) is 1. The second-order valence-electron chi connectivity index (χ2n) is 8.08. The number of halogens is 1. The van der Waals surface area contributed by atoms with E-state index in [0.717, 1.165) is 55.4 Å². The monoisotopic (exact) mass is 550 g/mol. The number of methoxy groups -OCH3 is 1. The van der Waals surface area contributed by atoms with Crippen molar-refractivity contribution in [2.75, 3.05) is 33.3 Å². The van der Waals surface area contributed by atoms with Gasteiger partial charge in [-0.25, -0.2) is 4.99 Å². The van der Waals surface area contributed by atoms with Crippen LogP contribution in [-0.4, -0.2) is 50.1 Å². The maximum Gasteiger partial charge on any atom is 0.223 e. The van der Waals surface area contributed by atoms with Crippen molar-refractivity contribution >= 4 is 35.8 Å². The number of nitrogens with zero attached hydrogens (tertiary/aromatic N) is 2. The molecule has 2 aromatic carbocycles. The Morgan fingerprint density at radius 2 is 1.94 bits per heavy atom. The molecule has 1 heterocycles. The van der Waals surface area contributed by atoms with Crippen molar-refractivity contribution in [2.45, 2.75) is 33.2 Å². The molecule has 7 heteroatoms. The molecule has 0 aliphatic carbocycles. The number of carbonyl (C=O) groups excluding carboxylic acids is 1. The Hall–Kier alpha value is -2.29. The van der Waals surface area contributed by atoms with Gasteiger partial charge in [0.05, 0.1) is 13.7 Å². The summed E-state index contributed by atoms with van der Waals surface area (Å²) in [5.41, 5.74) is 3.53. The zero-order chi connectivity index (χ0) is 22.1. The Balaban J connectivity index is 0.00000363. The van der Waals surface area contributed by atoms with E-state index < -0.39 is 0 Å². The number of aryl methyl sites for hydroxylation is 1. The van der Waals surface area contributed by atoms with Gasteiger partial charge in [-0.1, -0.05) is 36.4 Å². The number of benzene rings is 2. The van der Waals surface area contributed by atoms with Crippen molar-refractivity contribution in [2.24, 2.45) is 10.9 Å². The summed E-state index contributed by atoms with van der Waals surface area (Å²) in [5.74, 6) is 2.17. The SMILES string of the molecule is CCNC(=NCc1cc(C)cc(OC)c1)NCC1CC(=O)N(CCc2ccccc2)C1.I. The molecule has 174 valence electrons. The third-order valence-corrected chi connectivity index (χ3v) is 5.48. The van der Waals surface area contributed by atoms with Gasteiger partial charge in [-0.05, 0) is 49.1 Å². The Morgan fingerprint density at radius 3 is 2.66 bits per heavy atom. The maximum atomic E-state index is 12.4. The van der Waals surface area contributed by atoms with Crippen molar-refractivity contribution in [1.82, 2.24) is 15.5 Å². The van der Waals surface area contributed by atoms with E-state index in [4.69, 9.17) is 9.73 Å². The van der Waals surface area contributed by atoms with E-state index in [1.54, 1.807) is 7.11 Å². The summed E-state index contributed by atoms with van der Waals surface area (Å²) in [6.07, 6.45) is 1.49. The van der Waals surface area contributed by atoms with E-state index in [1.807, 2.05) is 35.2 Å². The summed E-state index contributed by atoms with van der Waals surface area (Å²) in [6, 6.07) is 16.5. The quantitative estimate of drug-likeness (QED) is 0.284. The van der Waals surface area contributed by atoms with Gasteiger partial charge in [0.2, 0.25) is 5.91 Å². The summed E-state index contributed by atoms with van der Waals surface area (Å²) in [4.78, 5) is 19.1. The molecule has 1 atom stereocenters. The minimum atomic E-state index is 0. The molecule has 1 saturated heterocycles. The number of guanidine groups is 1. The number of rotatable bonds is 9. The van der Waals surface area contributed by atoms with E-state index in [2.05, 4.69) is 42.7 Å². The minimum absolute atomic E-state index is 0. The predicted molar refractivity (Wildman–Crippen MR) is 141 cm³/mol. The number of hydrogen-bond acceptors (Lipinski definition) is 3. The molecule has 1 fully saturated rings. The fourth-order valence-corrected chi connectivity index (χ4v) is 3.90. The van der Waals surface area contributed by atoms with Crippen LogP contribution in [0.3, 0.4) is 0 Å². The van der Waals surface area contributed by atoms with Crippen molar-refractivity contribution in [1.29, 1.82) is 0 Å². The van der Waals surface area contributed by atoms with Crippen LogP contribution >= 0.6 is 24.0 Å². The van der Waals surface area contributed by atoms with Crippen LogP contribution in [0.5, 0.6) is 5.75 Å². The van der Waals surface area contributed by atoms with Gasteiger partial charge in [-0.3, -0.25) is 4.79 Å². The van der Waals surface area contributed by atoms with Crippen LogP contribution in [0.2, 0.25) is 0 Å². The Morgan fingerprint density at radius 1 is 1.16 bits per heavy atom. The summed E-state index contributed by atoms with van der Waals surface area (Å²) in [5, 5.41) is 6.72. The number of aliphatic imine (C=N–C) groups is 1. The lowest BCUT2D eigenvalue weighted by Gasteiger charge is -2.18. The van der Waals surface area contributed by atoms with Crippen LogP contribution in [0.25, 0.3) is 0 Å². The number of hydrogen-bond donors (Lipinski definition) is 2. The van der Waals surface area contributed by atoms with Gasteiger partial charge >= 0.3 is 0 Å². The van der Waals surface area contributed by atoms with Crippen molar-refractivity contribution in [3.05, 3.63) is 65.2 Å². The molecule has 1 amide bonds. The lowest BCUT2D eigenvalue weighted by Crippen LogP contribution is -2.40. The highest BCUT2D eigenvalue weighted by atomic mass is 127. The van der Waals surface area contributed by atoms with Crippen LogP contribution in [0.1, 0.15) is 30.0 Å². The molecule has 0 spiro atoms. The number of amides is 1. The molecule has 3 rings (SSSR count). The van der Waals surface area contributed by atoms with E-state index >= 15 is 0 Å². The molecule has 0 radical (unpaired) electrons.